The van der Waals surface area contributed by atoms with E-state index in [1.807, 2.05) is 16.5 Å². The molecule has 2 aliphatic rings. The fourth-order valence-corrected chi connectivity index (χ4v) is 2.94. The summed E-state index contributed by atoms with van der Waals surface area (Å²) >= 11 is 0. The number of rotatable bonds is 4. The summed E-state index contributed by atoms with van der Waals surface area (Å²) in [5.41, 5.74) is 2.19. The molecule has 2 saturated heterocycles. The van der Waals surface area contributed by atoms with Gasteiger partial charge in [0, 0.05) is 31.9 Å². The maximum absolute atomic E-state index is 12.0. The van der Waals surface area contributed by atoms with E-state index < -0.39 is 0 Å². The summed E-state index contributed by atoms with van der Waals surface area (Å²) in [6, 6.07) is 2.08. The molecule has 1 amide bonds. The van der Waals surface area contributed by atoms with Gasteiger partial charge in [-0.05, 0) is 26.3 Å². The number of hydrogen-bond donors (Lipinski definition) is 0. The second-order valence-electron chi connectivity index (χ2n) is 6.07. The number of hydrogen-bond acceptors (Lipinski definition) is 4. The highest BCUT2D eigenvalue weighted by Crippen LogP contribution is 2.12. The smallest absolute Gasteiger partial charge is 0.236 e. The molecule has 1 aromatic rings. The Morgan fingerprint density at radius 1 is 1.38 bits per heavy atom. The number of likely N-dealkylation sites (tertiary alicyclic amines) is 1. The molecule has 0 aromatic carbocycles. The second kappa shape index (κ2) is 6.15. The number of amides is 1. The molecule has 0 spiro atoms. The molecule has 0 bridgehead atoms. The van der Waals surface area contributed by atoms with Crippen LogP contribution in [-0.2, 0) is 16.1 Å². The maximum Gasteiger partial charge on any atom is 0.236 e. The highest BCUT2D eigenvalue weighted by Gasteiger charge is 2.26. The van der Waals surface area contributed by atoms with Crippen LogP contribution in [0, 0.1) is 13.8 Å². The number of carbonyl (C=O) groups is 1. The van der Waals surface area contributed by atoms with Crippen LogP contribution in [0.15, 0.2) is 6.07 Å². The molecule has 0 N–H and O–H groups in total. The first-order valence-electron chi connectivity index (χ1n) is 7.74. The Balaban J connectivity index is 1.53. The van der Waals surface area contributed by atoms with Crippen LogP contribution in [0.3, 0.4) is 0 Å². The lowest BCUT2D eigenvalue weighted by atomic mass is 10.2. The van der Waals surface area contributed by atoms with Gasteiger partial charge in [-0.1, -0.05) is 0 Å². The van der Waals surface area contributed by atoms with E-state index in [1.165, 1.54) is 0 Å². The largest absolute Gasteiger partial charge is 0.374 e. The van der Waals surface area contributed by atoms with Crippen molar-refractivity contribution in [3.8, 4) is 0 Å². The Morgan fingerprint density at radius 2 is 2.19 bits per heavy atom. The average molecular weight is 292 g/mol. The van der Waals surface area contributed by atoms with Gasteiger partial charge in [0.15, 0.2) is 0 Å². The van der Waals surface area contributed by atoms with E-state index in [1.54, 1.807) is 0 Å². The minimum Gasteiger partial charge on any atom is -0.374 e. The molecule has 6 nitrogen and oxygen atoms in total. The Kier molecular flexibility index (Phi) is 4.26. The summed E-state index contributed by atoms with van der Waals surface area (Å²) in [4.78, 5) is 16.2. The van der Waals surface area contributed by atoms with Gasteiger partial charge in [0.2, 0.25) is 5.91 Å². The Hall–Kier alpha value is -1.40. The Labute approximate surface area is 125 Å². The molecule has 0 saturated carbocycles. The average Bonchev–Trinajstić information content (AvgIpc) is 2.65. The van der Waals surface area contributed by atoms with Gasteiger partial charge >= 0.3 is 0 Å². The van der Waals surface area contributed by atoms with Crippen LogP contribution in [0.4, 0.5) is 0 Å². The van der Waals surface area contributed by atoms with Crippen molar-refractivity contribution in [1.29, 1.82) is 0 Å². The van der Waals surface area contributed by atoms with Crippen molar-refractivity contribution in [3.05, 3.63) is 17.5 Å². The minimum atomic E-state index is 0.112. The van der Waals surface area contributed by atoms with Crippen LogP contribution in [0.5, 0.6) is 0 Å². The van der Waals surface area contributed by atoms with Crippen LogP contribution in [0.1, 0.15) is 17.8 Å². The predicted octanol–water partition coefficient (Wildman–Crippen LogP) is 0.433. The van der Waals surface area contributed by atoms with E-state index in [2.05, 4.69) is 23.0 Å². The van der Waals surface area contributed by atoms with Crippen LogP contribution in [-0.4, -0.2) is 70.9 Å². The highest BCUT2D eigenvalue weighted by molar-refractivity contribution is 5.78. The van der Waals surface area contributed by atoms with Gasteiger partial charge in [0.05, 0.1) is 31.5 Å². The first-order valence-corrected chi connectivity index (χ1v) is 7.74. The van der Waals surface area contributed by atoms with Crippen LogP contribution in [0.2, 0.25) is 0 Å². The van der Waals surface area contributed by atoms with E-state index in [0.717, 1.165) is 50.5 Å². The normalized spacial score (nSPS) is 23.1. The van der Waals surface area contributed by atoms with E-state index >= 15 is 0 Å². The molecule has 1 aromatic heterocycles. The SMILES string of the molecule is Cc1cc(C)n(C[C@H]2CN(CC(=O)N3CCC3)CCO2)n1. The topological polar surface area (TPSA) is 50.6 Å². The summed E-state index contributed by atoms with van der Waals surface area (Å²) in [5.74, 6) is 0.257. The number of nitrogens with zero attached hydrogens (tertiary/aromatic N) is 4. The molecule has 0 radical (unpaired) electrons. The van der Waals surface area contributed by atoms with Crippen molar-refractivity contribution in [2.45, 2.75) is 32.9 Å². The molecule has 2 aliphatic heterocycles. The zero-order chi connectivity index (χ0) is 14.8. The first kappa shape index (κ1) is 14.5. The lowest BCUT2D eigenvalue weighted by molar-refractivity contribution is -0.138. The van der Waals surface area contributed by atoms with Gasteiger partial charge in [0.25, 0.3) is 0 Å². The van der Waals surface area contributed by atoms with Crippen molar-refractivity contribution >= 4 is 5.91 Å². The van der Waals surface area contributed by atoms with Gasteiger partial charge in [-0.15, -0.1) is 0 Å². The molecule has 21 heavy (non-hydrogen) atoms. The lowest BCUT2D eigenvalue weighted by Crippen LogP contribution is -2.51. The lowest BCUT2D eigenvalue weighted by Gasteiger charge is -2.36. The van der Waals surface area contributed by atoms with Crippen molar-refractivity contribution in [2.75, 3.05) is 39.3 Å². The van der Waals surface area contributed by atoms with Crippen LogP contribution >= 0.6 is 0 Å². The predicted molar refractivity (Wildman–Crippen MR) is 79.1 cm³/mol. The van der Waals surface area contributed by atoms with Crippen molar-refractivity contribution in [3.63, 3.8) is 0 Å². The molecule has 116 valence electrons. The van der Waals surface area contributed by atoms with Gasteiger partial charge in [0.1, 0.15) is 0 Å². The van der Waals surface area contributed by atoms with E-state index in [0.29, 0.717) is 13.2 Å². The zero-order valence-corrected chi connectivity index (χ0v) is 12.9. The Bertz CT molecular complexity index is 510. The van der Waals surface area contributed by atoms with E-state index in [9.17, 15) is 4.79 Å². The van der Waals surface area contributed by atoms with Crippen molar-refractivity contribution < 1.29 is 9.53 Å². The van der Waals surface area contributed by atoms with E-state index in [4.69, 9.17) is 4.74 Å². The number of morpholine rings is 1. The molecule has 1 atom stereocenters. The molecule has 6 heteroatoms. The van der Waals surface area contributed by atoms with E-state index in [-0.39, 0.29) is 12.0 Å². The highest BCUT2D eigenvalue weighted by atomic mass is 16.5. The van der Waals surface area contributed by atoms with Crippen molar-refractivity contribution in [2.24, 2.45) is 0 Å². The molecular weight excluding hydrogens is 268 g/mol. The molecule has 0 unspecified atom stereocenters. The van der Waals surface area contributed by atoms with Gasteiger partial charge < -0.3 is 9.64 Å². The minimum absolute atomic E-state index is 0.112. The third-order valence-electron chi connectivity index (χ3n) is 4.27. The standard InChI is InChI=1S/C15H24N4O2/c1-12-8-13(2)19(16-12)10-14-9-17(6-7-21-14)11-15(20)18-4-3-5-18/h8,14H,3-7,9-11H2,1-2H3/t14-/m1/s1. The number of ether oxygens (including phenoxy) is 1. The number of aryl methyl sites for hydroxylation is 2. The third-order valence-corrected chi connectivity index (χ3v) is 4.27. The van der Waals surface area contributed by atoms with Gasteiger partial charge in [-0.25, -0.2) is 0 Å². The quantitative estimate of drug-likeness (QED) is 0.808. The van der Waals surface area contributed by atoms with Gasteiger partial charge in [-0.2, -0.15) is 5.10 Å². The summed E-state index contributed by atoms with van der Waals surface area (Å²) in [6.07, 6.45) is 1.26. The maximum atomic E-state index is 12.0. The molecule has 3 rings (SSSR count). The summed E-state index contributed by atoms with van der Waals surface area (Å²) in [5, 5.41) is 4.48. The number of carbonyl (C=O) groups excluding carboxylic acids is 1. The molecular formula is C15H24N4O2. The third kappa shape index (κ3) is 3.44. The summed E-state index contributed by atoms with van der Waals surface area (Å²) in [7, 11) is 0. The second-order valence-corrected chi connectivity index (χ2v) is 6.07. The fraction of sp³-hybridized carbons (Fsp3) is 0.733. The number of aromatic nitrogens is 2. The zero-order valence-electron chi connectivity index (χ0n) is 12.9. The monoisotopic (exact) mass is 292 g/mol. The first-order chi connectivity index (χ1) is 10.1. The van der Waals surface area contributed by atoms with Crippen LogP contribution < -0.4 is 0 Å². The fourth-order valence-electron chi connectivity index (χ4n) is 2.94. The molecule has 0 aliphatic carbocycles. The Morgan fingerprint density at radius 3 is 2.81 bits per heavy atom. The molecule has 3 heterocycles. The molecule has 2 fully saturated rings. The summed E-state index contributed by atoms with van der Waals surface area (Å²) < 4.78 is 7.83. The van der Waals surface area contributed by atoms with Crippen LogP contribution in [0.25, 0.3) is 0 Å². The van der Waals surface area contributed by atoms with Crippen molar-refractivity contribution in [1.82, 2.24) is 19.6 Å². The summed E-state index contributed by atoms with van der Waals surface area (Å²) in [6.45, 7) is 9.54. The van der Waals surface area contributed by atoms with Gasteiger partial charge in [-0.3, -0.25) is 14.4 Å².